The minimum absolute atomic E-state index is 0.144. The Labute approximate surface area is 634 Å². The maximum absolute atomic E-state index is 13.1. The van der Waals surface area contributed by atoms with Gasteiger partial charge in [0.2, 0.25) is 0 Å². The molecule has 1 saturated carbocycles. The van der Waals surface area contributed by atoms with Crippen LogP contribution < -0.4 is 0 Å². The molecule has 2 aliphatic rings. The molecular formula is C69H94O42. The molecule has 0 radical (unpaired) electrons. The lowest BCUT2D eigenvalue weighted by Crippen LogP contribution is -2.40. The van der Waals surface area contributed by atoms with Crippen molar-refractivity contribution >= 4 is 119 Å². The lowest BCUT2D eigenvalue weighted by molar-refractivity contribution is -0.190. The van der Waals surface area contributed by atoms with Crippen LogP contribution in [0.4, 0.5) is 0 Å². The van der Waals surface area contributed by atoms with E-state index in [1.54, 1.807) is 0 Å². The second-order valence-corrected chi connectivity index (χ2v) is 25.3. The van der Waals surface area contributed by atoms with Crippen LogP contribution in [0.25, 0.3) is 0 Å². The second-order valence-electron chi connectivity index (χ2n) is 25.3. The first-order valence-corrected chi connectivity index (χ1v) is 34.5. The Morgan fingerprint density at radius 2 is 0.315 bits per heavy atom. The van der Waals surface area contributed by atoms with Crippen LogP contribution in [0, 0.1) is 23.7 Å². The number of fused-ring (bicyclic) bond motifs is 2. The second kappa shape index (κ2) is 44.6. The molecule has 622 valence electrons. The summed E-state index contributed by atoms with van der Waals surface area (Å²) in [6, 6.07) is 0. The molecule has 22 unspecified atom stereocenters. The molecule has 0 aromatic heterocycles. The molecule has 2 aliphatic carbocycles. The van der Waals surface area contributed by atoms with Crippen LogP contribution in [0.1, 0.15) is 145 Å². The van der Waals surface area contributed by atoms with Crippen molar-refractivity contribution in [2.24, 2.45) is 23.7 Å². The third kappa shape index (κ3) is 31.5. The molecule has 0 aliphatic heterocycles. The fourth-order valence-electron chi connectivity index (χ4n) is 8.84. The quantitative estimate of drug-likeness (QED) is 0.0422. The van der Waals surface area contributed by atoms with Crippen molar-refractivity contribution < 1.29 is 201 Å². The highest BCUT2D eigenvalue weighted by Gasteiger charge is 2.47. The molecule has 0 spiro atoms. The molecule has 0 amide bonds. The molecule has 42 heteroatoms. The molecule has 0 aromatic carbocycles. The van der Waals surface area contributed by atoms with Crippen LogP contribution in [0.15, 0.2) is 12.2 Å². The molecule has 1 fully saturated rings. The van der Waals surface area contributed by atoms with Crippen molar-refractivity contribution in [3.8, 4) is 0 Å². The molecule has 24 atom stereocenters. The number of ether oxygens (including phenoxy) is 20. The Hall–Kier alpha value is -10.9. The topological polar surface area (TPSA) is 566 Å². The third-order valence-corrected chi connectivity index (χ3v) is 15.6. The number of hydrogen-bond acceptors (Lipinski definition) is 42. The fraction of sp³-hybridized carbons (Fsp3) is 0.681. The van der Waals surface area contributed by atoms with Gasteiger partial charge in [0.15, 0.2) is 110 Å². The van der Waals surface area contributed by atoms with Crippen LogP contribution in [-0.2, 0) is 191 Å². The van der Waals surface area contributed by atoms with Gasteiger partial charge in [-0.2, -0.15) is 0 Å². The normalized spacial score (nSPS) is 20.0. The largest absolute Gasteiger partial charge is 0.463 e. The Bertz CT molecular complexity index is 3220. The van der Waals surface area contributed by atoms with E-state index in [-0.39, 0.29) is 25.0 Å². The van der Waals surface area contributed by atoms with E-state index < -0.39 is 253 Å². The SMILES string of the molecule is CC(O)C(=O)OC(C)C(=O)OC(C)C(=O)OC(C)C(=O)OC(C)C(=O)OC(C)C(=O)OC(C)C(=O)OC(C)C(=O)OC(C)C(=O)OC(C)C(=O)OC[C@@H]1C2C=CC(C2)[C@@H]1COC(=O)C(C)OC(=O)C(C)OC(=O)C(C)OC(=O)C(C)OC(=O)C(C)OC(=O)C(C)OC(=O)C(C)OC(=O)C(C)OC(=O)C(C)OC(=O)C(C)O. The zero-order valence-electron chi connectivity index (χ0n) is 64.4. The van der Waals surface area contributed by atoms with Gasteiger partial charge >= 0.3 is 119 Å². The van der Waals surface area contributed by atoms with Gasteiger partial charge in [-0.1, -0.05) is 12.2 Å². The number of esters is 20. The molecule has 2 N–H and O–H groups in total. The van der Waals surface area contributed by atoms with Crippen molar-refractivity contribution in [2.45, 2.75) is 267 Å². The van der Waals surface area contributed by atoms with Gasteiger partial charge in [0.1, 0.15) is 12.2 Å². The van der Waals surface area contributed by atoms with E-state index in [0.29, 0.717) is 6.42 Å². The van der Waals surface area contributed by atoms with Gasteiger partial charge in [-0.3, -0.25) is 0 Å². The summed E-state index contributed by atoms with van der Waals surface area (Å²) in [4.78, 5) is 252. The van der Waals surface area contributed by atoms with Crippen LogP contribution in [-0.4, -0.2) is 265 Å². The number of carbonyl (C=O) groups is 20. The van der Waals surface area contributed by atoms with Crippen molar-refractivity contribution in [2.75, 3.05) is 13.2 Å². The summed E-state index contributed by atoms with van der Waals surface area (Å²) < 4.78 is 99.9. The van der Waals surface area contributed by atoms with Gasteiger partial charge in [0.05, 0.1) is 13.2 Å². The van der Waals surface area contributed by atoms with E-state index in [2.05, 4.69) is 9.47 Å². The number of rotatable bonds is 42. The zero-order valence-corrected chi connectivity index (χ0v) is 64.4. The van der Waals surface area contributed by atoms with E-state index in [0.717, 1.165) is 138 Å². The highest BCUT2D eigenvalue weighted by Crippen LogP contribution is 2.48. The number of allylic oxidation sites excluding steroid dienone is 2. The van der Waals surface area contributed by atoms with Crippen LogP contribution >= 0.6 is 0 Å². The van der Waals surface area contributed by atoms with Crippen molar-refractivity contribution in [3.63, 3.8) is 0 Å². The summed E-state index contributed by atoms with van der Waals surface area (Å²) in [6.07, 6.45) is -29.0. The first-order valence-electron chi connectivity index (χ1n) is 34.5. The van der Waals surface area contributed by atoms with Gasteiger partial charge in [0.25, 0.3) is 0 Å². The Morgan fingerprint density at radius 1 is 0.207 bits per heavy atom. The molecular weight excluding hydrogens is 1500 g/mol. The summed E-state index contributed by atoms with van der Waals surface area (Å²) in [7, 11) is 0. The highest BCUT2D eigenvalue weighted by molar-refractivity contribution is 5.91. The summed E-state index contributed by atoms with van der Waals surface area (Å²) >= 11 is 0. The average Bonchev–Trinajstić information content (AvgIpc) is 1.63. The van der Waals surface area contributed by atoms with E-state index >= 15 is 0 Å². The minimum Gasteiger partial charge on any atom is -0.463 e. The van der Waals surface area contributed by atoms with Gasteiger partial charge in [-0.15, -0.1) is 0 Å². The van der Waals surface area contributed by atoms with Gasteiger partial charge in [0, 0.05) is 11.8 Å². The van der Waals surface area contributed by atoms with Gasteiger partial charge in [-0.05, 0) is 157 Å². The van der Waals surface area contributed by atoms with E-state index in [1.165, 1.54) is 0 Å². The van der Waals surface area contributed by atoms with Crippen molar-refractivity contribution in [3.05, 3.63) is 12.2 Å². The number of carbonyl (C=O) groups excluding carboxylic acids is 20. The number of aliphatic hydroxyl groups excluding tert-OH is 2. The standard InChI is InChI=1S/C69H94O42/c1-26(70)50(72)94-30(5)54(76)98-34(9)58(80)102-38(13)62(84)106-42(17)66(88)110-44(19)68(90)108-40(15)64(86)104-36(11)60(82)100-32(7)56(78)96-28(3)52(74)92-24-48-46-21-22-47(23-46)49(48)25-93-53(75)29(4)97-57(79)33(8)101-61(83)37(12)105-65(87)41(16)109-69(91)45(20)111-67(89)43(18)107-63(85)39(14)103-59(81)35(10)99-55(77)31(6)95-51(73)27(2)71/h21-22,26-49,70-71H,23-25H2,1-20H3/t26?,27?,28?,29?,30?,31?,32?,33?,34?,35?,36?,37?,38?,39?,40?,41?,42?,43?,44?,45?,46?,47?,48-,49+. The monoisotopic (exact) mass is 1590 g/mol. The smallest absolute Gasteiger partial charge is 0.347 e. The van der Waals surface area contributed by atoms with E-state index in [4.69, 9.17) is 85.3 Å². The zero-order chi connectivity index (χ0) is 85.1. The Balaban J connectivity index is 1.79. The molecule has 0 saturated heterocycles. The molecule has 0 heterocycles. The van der Waals surface area contributed by atoms with Gasteiger partial charge < -0.3 is 105 Å². The molecule has 2 bridgehead atoms. The van der Waals surface area contributed by atoms with Crippen LogP contribution in [0.3, 0.4) is 0 Å². The maximum atomic E-state index is 13.1. The first-order chi connectivity index (χ1) is 51.4. The van der Waals surface area contributed by atoms with Crippen LogP contribution in [0.5, 0.6) is 0 Å². The predicted octanol–water partition coefficient (Wildman–Crippen LogP) is -0.957. The summed E-state index contributed by atoms with van der Waals surface area (Å²) in [6.45, 7) is 20.8. The first kappa shape index (κ1) is 96.1. The van der Waals surface area contributed by atoms with Gasteiger partial charge in [-0.25, -0.2) is 95.9 Å². The van der Waals surface area contributed by atoms with Crippen molar-refractivity contribution in [1.29, 1.82) is 0 Å². The molecule has 111 heavy (non-hydrogen) atoms. The van der Waals surface area contributed by atoms with Crippen molar-refractivity contribution in [1.82, 2.24) is 0 Å². The number of aliphatic hydroxyl groups is 2. The molecule has 0 aromatic rings. The summed E-state index contributed by atoms with van der Waals surface area (Å²) in [5.41, 5.74) is 0. The minimum atomic E-state index is -1.75. The number of hydrogen-bond donors (Lipinski definition) is 2. The third-order valence-electron chi connectivity index (χ3n) is 15.6. The Morgan fingerprint density at radius 3 is 0.432 bits per heavy atom. The highest BCUT2D eigenvalue weighted by atomic mass is 16.7. The lowest BCUT2D eigenvalue weighted by atomic mass is 9.84. The maximum Gasteiger partial charge on any atom is 0.347 e. The van der Waals surface area contributed by atoms with Crippen LogP contribution in [0.2, 0.25) is 0 Å². The summed E-state index contributed by atoms with van der Waals surface area (Å²) in [5, 5.41) is 18.5. The van der Waals surface area contributed by atoms with E-state index in [1.807, 2.05) is 12.2 Å². The molecule has 42 nitrogen and oxygen atoms in total. The lowest BCUT2D eigenvalue weighted by Gasteiger charge is -2.28. The Kier molecular flexibility index (Phi) is 38.7. The fourth-order valence-corrected chi connectivity index (χ4v) is 8.84. The average molecular weight is 1600 g/mol. The molecule has 2 rings (SSSR count). The van der Waals surface area contributed by atoms with E-state index in [9.17, 15) is 106 Å². The summed E-state index contributed by atoms with van der Waals surface area (Å²) in [5.74, 6) is -25.9. The predicted molar refractivity (Wildman–Crippen MR) is 353 cm³/mol.